The number of nitrogens with one attached hydrogen (secondary N) is 3. The van der Waals surface area contributed by atoms with Gasteiger partial charge in [0.15, 0.2) is 22.9 Å². The second kappa shape index (κ2) is 8.61. The molecule has 2 aromatic rings. The molecule has 10 heteroatoms. The Balaban J connectivity index is 2.45. The number of hydrogen-bond donors (Lipinski definition) is 4. The highest BCUT2D eigenvalue weighted by Crippen LogP contribution is 2.32. The molecule has 0 atom stereocenters. The van der Waals surface area contributed by atoms with E-state index >= 15 is 0 Å². The Labute approximate surface area is 152 Å². The van der Waals surface area contributed by atoms with E-state index in [9.17, 15) is 9.59 Å². The van der Waals surface area contributed by atoms with Crippen molar-refractivity contribution in [1.82, 2.24) is 15.4 Å². The molecule has 1 aromatic carbocycles. The molecule has 0 aliphatic rings. The molecule has 1 amide bonds. The molecule has 9 nitrogen and oxygen atoms in total. The van der Waals surface area contributed by atoms with Crippen molar-refractivity contribution in [3.05, 3.63) is 50.1 Å². The first-order chi connectivity index (χ1) is 12.5. The highest BCUT2D eigenvalue weighted by molar-refractivity contribution is 7.71. The Kier molecular flexibility index (Phi) is 6.26. The van der Waals surface area contributed by atoms with E-state index in [4.69, 9.17) is 32.2 Å². The summed E-state index contributed by atoms with van der Waals surface area (Å²) >= 11 is 4.91. The number of hydroxylamine groups is 1. The minimum absolute atomic E-state index is 0.0791. The first-order valence-corrected chi connectivity index (χ1v) is 7.58. The van der Waals surface area contributed by atoms with Gasteiger partial charge < -0.3 is 14.5 Å². The van der Waals surface area contributed by atoms with Crippen molar-refractivity contribution >= 4 is 30.3 Å². The number of para-hydroxylation sites is 1. The number of nitrogens with zero attached hydrogens (tertiary/aromatic N) is 1. The molecule has 0 unspecified atom stereocenters. The van der Waals surface area contributed by atoms with Gasteiger partial charge in [-0.15, -0.1) is 0 Å². The summed E-state index contributed by atoms with van der Waals surface area (Å²) in [4.78, 5) is 28.0. The van der Waals surface area contributed by atoms with Gasteiger partial charge in [0.25, 0.3) is 11.5 Å². The van der Waals surface area contributed by atoms with E-state index in [1.807, 2.05) is 0 Å². The van der Waals surface area contributed by atoms with E-state index in [1.54, 1.807) is 30.3 Å². The summed E-state index contributed by atoms with van der Waals surface area (Å²) < 4.78 is 10.7. The standard InChI is InChI=1S/C16H14N4O5S/c1-24-12-4-2-3-9(14(12)25-8-13(21)20-23)5-6-11-10(7-17)15(22)19-16(26)18-11/h2-6,23H,8H2,1H3,(H,20,21)(H2,18,19,22,26). The van der Waals surface area contributed by atoms with Crippen LogP contribution in [0.5, 0.6) is 11.5 Å². The van der Waals surface area contributed by atoms with Crippen molar-refractivity contribution in [2.45, 2.75) is 0 Å². The summed E-state index contributed by atoms with van der Waals surface area (Å²) in [7, 11) is 1.43. The van der Waals surface area contributed by atoms with Crippen molar-refractivity contribution in [1.29, 1.82) is 5.26 Å². The lowest BCUT2D eigenvalue weighted by Crippen LogP contribution is -2.25. The normalized spacial score (nSPS) is 10.3. The monoisotopic (exact) mass is 374 g/mol. The molecular weight excluding hydrogens is 360 g/mol. The maximum Gasteiger partial charge on any atom is 0.281 e. The third kappa shape index (κ3) is 4.35. The van der Waals surface area contributed by atoms with E-state index in [0.29, 0.717) is 11.3 Å². The lowest BCUT2D eigenvalue weighted by molar-refractivity contribution is -0.131. The van der Waals surface area contributed by atoms with Gasteiger partial charge in [0, 0.05) is 5.56 Å². The van der Waals surface area contributed by atoms with Gasteiger partial charge in [0.2, 0.25) is 0 Å². The molecule has 0 aliphatic heterocycles. The maximum atomic E-state index is 11.8. The van der Waals surface area contributed by atoms with Crippen molar-refractivity contribution in [3.8, 4) is 17.6 Å². The Bertz CT molecular complexity index is 1000. The second-order valence-electron chi connectivity index (χ2n) is 4.84. The fraction of sp³-hybridized carbons (Fsp3) is 0.125. The Hall–Kier alpha value is -3.42. The summed E-state index contributed by atoms with van der Waals surface area (Å²) in [5.74, 6) is -0.134. The molecule has 134 valence electrons. The molecule has 2 rings (SSSR count). The van der Waals surface area contributed by atoms with Gasteiger partial charge >= 0.3 is 0 Å². The zero-order valence-corrected chi connectivity index (χ0v) is 14.3. The lowest BCUT2D eigenvalue weighted by atomic mass is 10.1. The topological polar surface area (TPSA) is 140 Å². The highest BCUT2D eigenvalue weighted by Gasteiger charge is 2.11. The van der Waals surface area contributed by atoms with Gasteiger partial charge in [-0.3, -0.25) is 19.8 Å². The third-order valence-electron chi connectivity index (χ3n) is 3.21. The van der Waals surface area contributed by atoms with Crippen LogP contribution < -0.4 is 20.5 Å². The van der Waals surface area contributed by atoms with Crippen molar-refractivity contribution < 1.29 is 19.5 Å². The molecule has 0 aliphatic carbocycles. The third-order valence-corrected chi connectivity index (χ3v) is 3.42. The average molecular weight is 374 g/mol. The second-order valence-corrected chi connectivity index (χ2v) is 5.25. The SMILES string of the molecule is COc1cccc(C=Cc2[nH]c(=S)[nH]c(=O)c2C#N)c1OCC(=O)NO. The van der Waals surface area contributed by atoms with Gasteiger partial charge in [0.05, 0.1) is 12.8 Å². The lowest BCUT2D eigenvalue weighted by Gasteiger charge is -2.12. The summed E-state index contributed by atoms with van der Waals surface area (Å²) in [6, 6.07) is 6.81. The van der Waals surface area contributed by atoms with Gasteiger partial charge in [0.1, 0.15) is 11.6 Å². The molecule has 0 saturated heterocycles. The molecule has 0 saturated carbocycles. The summed E-state index contributed by atoms with van der Waals surface area (Å²) in [5, 5.41) is 17.7. The van der Waals surface area contributed by atoms with Crippen LogP contribution in [0.3, 0.4) is 0 Å². The number of rotatable bonds is 6. The van der Waals surface area contributed by atoms with Crippen LogP contribution in [0, 0.1) is 16.1 Å². The predicted octanol–water partition coefficient (Wildman–Crippen LogP) is 1.37. The van der Waals surface area contributed by atoms with Crippen LogP contribution in [0.25, 0.3) is 12.2 Å². The number of carbonyl (C=O) groups excluding carboxylic acids is 1. The smallest absolute Gasteiger partial charge is 0.281 e. The van der Waals surface area contributed by atoms with Gasteiger partial charge in [-0.1, -0.05) is 12.1 Å². The molecule has 1 heterocycles. The van der Waals surface area contributed by atoms with E-state index in [1.165, 1.54) is 18.7 Å². The van der Waals surface area contributed by atoms with Gasteiger partial charge in [-0.2, -0.15) is 5.26 Å². The quantitative estimate of drug-likeness (QED) is 0.340. The molecule has 0 spiro atoms. The highest BCUT2D eigenvalue weighted by atomic mass is 32.1. The fourth-order valence-electron chi connectivity index (χ4n) is 2.06. The van der Waals surface area contributed by atoms with Crippen LogP contribution >= 0.6 is 12.2 Å². The number of hydrogen-bond acceptors (Lipinski definition) is 7. The van der Waals surface area contributed by atoms with Crippen LogP contribution in [0.2, 0.25) is 0 Å². The largest absolute Gasteiger partial charge is 0.493 e. The number of H-pyrrole nitrogens is 2. The van der Waals surface area contributed by atoms with Crippen LogP contribution in [-0.2, 0) is 4.79 Å². The number of amides is 1. The number of carbonyl (C=O) groups is 1. The Morgan fingerprint density at radius 3 is 2.85 bits per heavy atom. The van der Waals surface area contributed by atoms with Gasteiger partial charge in [-0.25, -0.2) is 5.48 Å². The maximum absolute atomic E-state index is 11.8. The van der Waals surface area contributed by atoms with Crippen LogP contribution in [-0.4, -0.2) is 34.8 Å². The predicted molar refractivity (Wildman–Crippen MR) is 94.3 cm³/mol. The number of methoxy groups -OCH3 is 1. The van der Waals surface area contributed by atoms with Gasteiger partial charge in [-0.05, 0) is 30.4 Å². The van der Waals surface area contributed by atoms with Crippen LogP contribution in [0.4, 0.5) is 0 Å². The molecule has 1 aromatic heterocycles. The molecule has 0 fully saturated rings. The van der Waals surface area contributed by atoms with E-state index in [0.717, 1.165) is 0 Å². The average Bonchev–Trinajstić information content (AvgIpc) is 2.63. The molecule has 0 radical (unpaired) electrons. The van der Waals surface area contributed by atoms with E-state index in [-0.39, 0.29) is 21.8 Å². The van der Waals surface area contributed by atoms with E-state index in [2.05, 4.69) is 9.97 Å². The zero-order valence-electron chi connectivity index (χ0n) is 13.5. The van der Waals surface area contributed by atoms with Crippen molar-refractivity contribution in [3.63, 3.8) is 0 Å². The zero-order chi connectivity index (χ0) is 19.1. The van der Waals surface area contributed by atoms with E-state index < -0.39 is 18.1 Å². The first-order valence-electron chi connectivity index (χ1n) is 7.17. The number of benzene rings is 1. The summed E-state index contributed by atoms with van der Waals surface area (Å²) in [6.07, 6.45) is 3.05. The summed E-state index contributed by atoms with van der Waals surface area (Å²) in [5.41, 5.74) is 1.48. The van der Waals surface area contributed by atoms with Crippen molar-refractivity contribution in [2.75, 3.05) is 13.7 Å². The Morgan fingerprint density at radius 2 is 2.19 bits per heavy atom. The number of aromatic nitrogens is 2. The molecule has 0 bridgehead atoms. The van der Waals surface area contributed by atoms with Crippen molar-refractivity contribution in [2.24, 2.45) is 0 Å². The minimum atomic E-state index is -0.740. The molecular formula is C16H14N4O5S. The number of ether oxygens (including phenoxy) is 2. The number of aromatic amines is 2. The first kappa shape index (κ1) is 18.9. The van der Waals surface area contributed by atoms with Crippen LogP contribution in [0.1, 0.15) is 16.8 Å². The Morgan fingerprint density at radius 1 is 1.42 bits per heavy atom. The fourth-order valence-corrected chi connectivity index (χ4v) is 2.27. The molecule has 26 heavy (non-hydrogen) atoms. The van der Waals surface area contributed by atoms with Crippen LogP contribution in [0.15, 0.2) is 23.0 Å². The minimum Gasteiger partial charge on any atom is -0.493 e. The summed E-state index contributed by atoms with van der Waals surface area (Å²) in [6.45, 7) is -0.436. The number of nitriles is 1. The molecule has 4 N–H and O–H groups in total.